The summed E-state index contributed by atoms with van der Waals surface area (Å²) in [5.41, 5.74) is 1.47. The number of hydrogen-bond acceptors (Lipinski definition) is 5. The van der Waals surface area contributed by atoms with Gasteiger partial charge in [-0.15, -0.1) is 0 Å². The zero-order valence-corrected chi connectivity index (χ0v) is 14.3. The molecule has 26 heavy (non-hydrogen) atoms. The molecule has 1 atom stereocenters. The standard InChI is InChI=1S/C18H15N3O4S/c22-21(23)18-13-16(25-26(24)20-15-9-5-2-6-10-15)11-12-17(18)19-14-7-3-1-4-8-14/h1-13,19-20H. The van der Waals surface area contributed by atoms with Crippen molar-refractivity contribution in [3.8, 4) is 5.75 Å². The summed E-state index contributed by atoms with van der Waals surface area (Å²) < 4.78 is 19.9. The SMILES string of the molecule is O=[N+]([O-])c1cc(OS(=O)Nc2ccccc2)ccc1Nc1ccccc1. The Morgan fingerprint density at radius 3 is 2.12 bits per heavy atom. The minimum Gasteiger partial charge on any atom is -0.385 e. The molecular weight excluding hydrogens is 354 g/mol. The van der Waals surface area contributed by atoms with Crippen molar-refractivity contribution in [3.05, 3.63) is 89.0 Å². The van der Waals surface area contributed by atoms with Crippen molar-refractivity contribution in [3.63, 3.8) is 0 Å². The van der Waals surface area contributed by atoms with Crippen LogP contribution in [-0.4, -0.2) is 9.13 Å². The third-order valence-corrected chi connectivity index (χ3v) is 4.11. The topological polar surface area (TPSA) is 93.5 Å². The number of hydrogen-bond donors (Lipinski definition) is 2. The van der Waals surface area contributed by atoms with E-state index in [1.54, 1.807) is 36.4 Å². The predicted molar refractivity (Wildman–Crippen MR) is 102 cm³/mol. The highest BCUT2D eigenvalue weighted by Crippen LogP contribution is 2.31. The van der Waals surface area contributed by atoms with Crippen molar-refractivity contribution >= 4 is 34.0 Å². The van der Waals surface area contributed by atoms with Gasteiger partial charge in [0.1, 0.15) is 11.4 Å². The number of para-hydroxylation sites is 2. The van der Waals surface area contributed by atoms with Gasteiger partial charge in [0.05, 0.1) is 11.0 Å². The summed E-state index contributed by atoms with van der Waals surface area (Å²) in [4.78, 5) is 10.8. The molecule has 0 amide bonds. The first-order chi connectivity index (χ1) is 12.6. The van der Waals surface area contributed by atoms with Gasteiger partial charge in [-0.05, 0) is 36.4 Å². The van der Waals surface area contributed by atoms with Gasteiger partial charge < -0.3 is 9.50 Å². The van der Waals surface area contributed by atoms with E-state index in [9.17, 15) is 14.3 Å². The lowest BCUT2D eigenvalue weighted by Crippen LogP contribution is -2.11. The van der Waals surface area contributed by atoms with E-state index in [0.717, 1.165) is 5.69 Å². The Labute approximate surface area is 152 Å². The highest BCUT2D eigenvalue weighted by molar-refractivity contribution is 7.81. The van der Waals surface area contributed by atoms with E-state index >= 15 is 0 Å². The van der Waals surface area contributed by atoms with Crippen LogP contribution in [0.1, 0.15) is 0 Å². The molecule has 0 spiro atoms. The van der Waals surface area contributed by atoms with Crippen molar-refractivity contribution in [2.45, 2.75) is 0 Å². The molecule has 0 aliphatic rings. The fraction of sp³-hybridized carbons (Fsp3) is 0. The molecule has 0 fully saturated rings. The largest absolute Gasteiger partial charge is 0.385 e. The van der Waals surface area contributed by atoms with Crippen molar-refractivity contribution in [2.24, 2.45) is 0 Å². The number of nitrogens with one attached hydrogen (secondary N) is 2. The van der Waals surface area contributed by atoms with Crippen LogP contribution in [0.2, 0.25) is 0 Å². The van der Waals surface area contributed by atoms with Crippen molar-refractivity contribution < 1.29 is 13.3 Å². The number of nitro benzene ring substituents is 1. The normalized spacial score (nSPS) is 11.4. The maximum Gasteiger partial charge on any atom is 0.316 e. The molecule has 3 aromatic rings. The number of nitrogens with zero attached hydrogens (tertiary/aromatic N) is 1. The Morgan fingerprint density at radius 2 is 1.50 bits per heavy atom. The number of nitro groups is 1. The average molecular weight is 369 g/mol. The van der Waals surface area contributed by atoms with Crippen LogP contribution in [0.5, 0.6) is 5.75 Å². The van der Waals surface area contributed by atoms with E-state index in [1.165, 1.54) is 18.2 Å². The van der Waals surface area contributed by atoms with Crippen LogP contribution in [0.3, 0.4) is 0 Å². The Bertz CT molecular complexity index is 920. The smallest absolute Gasteiger partial charge is 0.316 e. The first-order valence-electron chi connectivity index (χ1n) is 7.64. The third-order valence-electron chi connectivity index (χ3n) is 3.37. The average Bonchev–Trinajstić information content (AvgIpc) is 2.64. The molecule has 3 rings (SSSR count). The minimum atomic E-state index is -1.88. The maximum atomic E-state index is 12.0. The Morgan fingerprint density at radius 1 is 0.885 bits per heavy atom. The molecule has 7 nitrogen and oxygen atoms in total. The van der Waals surface area contributed by atoms with Crippen LogP contribution >= 0.6 is 0 Å². The third kappa shape index (κ3) is 4.58. The molecule has 0 heterocycles. The monoisotopic (exact) mass is 369 g/mol. The van der Waals surface area contributed by atoms with Gasteiger partial charge in [0, 0.05) is 11.4 Å². The molecule has 0 bridgehead atoms. The maximum absolute atomic E-state index is 12.0. The summed E-state index contributed by atoms with van der Waals surface area (Å²) in [5.74, 6) is 0.122. The molecule has 0 saturated carbocycles. The van der Waals surface area contributed by atoms with E-state index in [1.807, 2.05) is 24.3 Å². The number of anilines is 3. The van der Waals surface area contributed by atoms with Crippen LogP contribution in [-0.2, 0) is 11.3 Å². The second-order valence-corrected chi connectivity index (χ2v) is 6.05. The van der Waals surface area contributed by atoms with Crippen LogP contribution in [0.4, 0.5) is 22.7 Å². The zero-order chi connectivity index (χ0) is 18.4. The second kappa shape index (κ2) is 8.13. The molecule has 0 aliphatic heterocycles. The number of benzene rings is 3. The molecule has 0 saturated heterocycles. The van der Waals surface area contributed by atoms with E-state index in [2.05, 4.69) is 10.0 Å². The first-order valence-corrected chi connectivity index (χ1v) is 8.71. The minimum absolute atomic E-state index is 0.122. The van der Waals surface area contributed by atoms with Gasteiger partial charge in [0.2, 0.25) is 0 Å². The number of rotatable bonds is 7. The fourth-order valence-electron chi connectivity index (χ4n) is 2.21. The Kier molecular flexibility index (Phi) is 5.45. The van der Waals surface area contributed by atoms with E-state index < -0.39 is 16.2 Å². The summed E-state index contributed by atoms with van der Waals surface area (Å²) in [7, 11) is 0. The van der Waals surface area contributed by atoms with Gasteiger partial charge in [-0.2, -0.15) is 4.21 Å². The van der Waals surface area contributed by atoms with Gasteiger partial charge in [0.25, 0.3) is 5.69 Å². The summed E-state index contributed by atoms with van der Waals surface area (Å²) >= 11 is -1.88. The molecule has 132 valence electrons. The van der Waals surface area contributed by atoms with Gasteiger partial charge in [-0.25, -0.2) is 0 Å². The highest BCUT2D eigenvalue weighted by Gasteiger charge is 2.17. The lowest BCUT2D eigenvalue weighted by atomic mass is 10.2. The molecule has 1 unspecified atom stereocenters. The summed E-state index contributed by atoms with van der Waals surface area (Å²) in [6.45, 7) is 0. The van der Waals surface area contributed by atoms with Crippen molar-refractivity contribution in [1.29, 1.82) is 0 Å². The van der Waals surface area contributed by atoms with E-state index in [0.29, 0.717) is 11.4 Å². The Balaban J connectivity index is 1.75. The van der Waals surface area contributed by atoms with E-state index in [4.69, 9.17) is 4.18 Å². The fourth-order valence-corrected chi connectivity index (χ4v) is 2.86. The second-order valence-electron chi connectivity index (χ2n) is 5.21. The van der Waals surface area contributed by atoms with Gasteiger partial charge in [0.15, 0.2) is 0 Å². The van der Waals surface area contributed by atoms with Crippen molar-refractivity contribution in [1.82, 2.24) is 0 Å². The summed E-state index contributed by atoms with van der Waals surface area (Å²) in [6, 6.07) is 22.2. The van der Waals surface area contributed by atoms with Crippen LogP contribution < -0.4 is 14.2 Å². The van der Waals surface area contributed by atoms with Gasteiger partial charge in [-0.1, -0.05) is 36.4 Å². The van der Waals surface area contributed by atoms with Crippen LogP contribution in [0.15, 0.2) is 78.9 Å². The van der Waals surface area contributed by atoms with Gasteiger partial charge >= 0.3 is 11.3 Å². The lowest BCUT2D eigenvalue weighted by Gasteiger charge is -2.10. The molecule has 0 aromatic heterocycles. The van der Waals surface area contributed by atoms with Gasteiger partial charge in [-0.3, -0.25) is 14.8 Å². The first kappa shape index (κ1) is 17.4. The van der Waals surface area contributed by atoms with Crippen LogP contribution in [0, 0.1) is 10.1 Å². The molecular formula is C18H15N3O4S. The quantitative estimate of drug-likeness (QED) is 0.475. The summed E-state index contributed by atoms with van der Waals surface area (Å²) in [6.07, 6.45) is 0. The molecule has 0 radical (unpaired) electrons. The van der Waals surface area contributed by atoms with Crippen molar-refractivity contribution in [2.75, 3.05) is 10.0 Å². The molecule has 2 N–H and O–H groups in total. The highest BCUT2D eigenvalue weighted by atomic mass is 32.2. The summed E-state index contributed by atoms with van der Waals surface area (Å²) in [5, 5.41) is 14.3. The van der Waals surface area contributed by atoms with E-state index in [-0.39, 0.29) is 11.4 Å². The molecule has 8 heteroatoms. The predicted octanol–water partition coefficient (Wildman–Crippen LogP) is 4.41. The zero-order valence-electron chi connectivity index (χ0n) is 13.5. The Hall–Kier alpha value is -3.39. The molecule has 0 aliphatic carbocycles. The molecule has 3 aromatic carbocycles. The lowest BCUT2D eigenvalue weighted by molar-refractivity contribution is -0.384. The van der Waals surface area contributed by atoms with Crippen LogP contribution in [0.25, 0.3) is 0 Å².